The van der Waals surface area contributed by atoms with E-state index in [0.29, 0.717) is 23.6 Å². The number of benzene rings is 4. The molecule has 0 unspecified atom stereocenters. The van der Waals surface area contributed by atoms with Crippen molar-refractivity contribution in [2.45, 2.75) is 51.1 Å². The number of carbonyl (C=O) groups is 1. The maximum Gasteiger partial charge on any atom is 0.337 e. The van der Waals surface area contributed by atoms with Crippen molar-refractivity contribution >= 4 is 33.5 Å². The van der Waals surface area contributed by atoms with Crippen LogP contribution in [0.15, 0.2) is 134 Å². The Balaban J connectivity index is 0.000000172. The van der Waals surface area contributed by atoms with Crippen molar-refractivity contribution in [3.05, 3.63) is 167 Å². The summed E-state index contributed by atoms with van der Waals surface area (Å²) in [5.74, 6) is -0.398. The average molecular weight is 633 g/mol. The minimum atomic E-state index is -0.895. The van der Waals surface area contributed by atoms with E-state index >= 15 is 0 Å². The van der Waals surface area contributed by atoms with Crippen LogP contribution in [0.2, 0.25) is 0 Å². The molecule has 0 atom stereocenters. The topological polar surface area (TPSA) is 86.1 Å². The van der Waals surface area contributed by atoms with Crippen LogP contribution >= 0.6 is 0 Å². The van der Waals surface area contributed by atoms with Gasteiger partial charge in [0.05, 0.1) is 11.3 Å². The van der Waals surface area contributed by atoms with Gasteiger partial charge in [-0.1, -0.05) is 66.7 Å². The Morgan fingerprint density at radius 2 is 1.29 bits per heavy atom. The van der Waals surface area contributed by atoms with Crippen LogP contribution in [0.5, 0.6) is 0 Å². The Morgan fingerprint density at radius 1 is 0.708 bits per heavy atom. The summed E-state index contributed by atoms with van der Waals surface area (Å²) in [5, 5.41) is 12.0. The first-order valence-electron chi connectivity index (χ1n) is 16.7. The highest BCUT2D eigenvalue weighted by Crippen LogP contribution is 2.40. The molecule has 3 heterocycles. The van der Waals surface area contributed by atoms with E-state index in [1.54, 1.807) is 0 Å². The molecule has 1 aliphatic carbocycles. The van der Waals surface area contributed by atoms with Crippen molar-refractivity contribution in [3.8, 4) is 0 Å². The normalized spacial score (nSPS) is 12.6. The lowest BCUT2D eigenvalue weighted by molar-refractivity contribution is 0.0695. The number of anilines is 1. The number of nitrogens with two attached hydrogens (primary N) is 1. The number of pyridine rings is 1. The molecule has 4 aromatic carbocycles. The quantitative estimate of drug-likeness (QED) is 0.148. The second-order valence-corrected chi connectivity index (χ2v) is 12.7. The van der Waals surface area contributed by atoms with E-state index in [-0.39, 0.29) is 0 Å². The molecular formula is C42H40N4O2. The largest absolute Gasteiger partial charge is 0.478 e. The first kappa shape index (κ1) is 31.0. The van der Waals surface area contributed by atoms with Gasteiger partial charge in [-0.2, -0.15) is 0 Å². The number of fused-ring (bicyclic) bond motifs is 2. The van der Waals surface area contributed by atoms with Crippen molar-refractivity contribution in [1.82, 2.24) is 14.1 Å². The zero-order valence-electron chi connectivity index (χ0n) is 27.0. The molecule has 0 saturated heterocycles. The first-order valence-corrected chi connectivity index (χ1v) is 16.7. The van der Waals surface area contributed by atoms with Gasteiger partial charge in [0.2, 0.25) is 0 Å². The SMILES string of the molecule is Nc1ccc2c(ccn2CCc2ccccc2)c1.O=C(O)c1cc(C2CC2)cnc1Cc1ccc2c(ccn2CCc2ccccc2)c1. The van der Waals surface area contributed by atoms with Gasteiger partial charge in [0, 0.05) is 60.2 Å². The number of aryl methyl sites for hydroxylation is 4. The fraction of sp³-hybridized carbons (Fsp3) is 0.190. The molecule has 6 heteroatoms. The van der Waals surface area contributed by atoms with Gasteiger partial charge >= 0.3 is 5.97 Å². The Bertz CT molecular complexity index is 2160. The lowest BCUT2D eigenvalue weighted by Gasteiger charge is -2.09. The predicted octanol–water partition coefficient (Wildman–Crippen LogP) is 8.91. The van der Waals surface area contributed by atoms with Crippen LogP contribution in [-0.4, -0.2) is 25.2 Å². The van der Waals surface area contributed by atoms with Crippen LogP contribution in [-0.2, 0) is 32.4 Å². The lowest BCUT2D eigenvalue weighted by atomic mass is 10.0. The van der Waals surface area contributed by atoms with Crippen LogP contribution in [0.1, 0.15) is 57.1 Å². The molecule has 0 amide bonds. The minimum Gasteiger partial charge on any atom is -0.478 e. The fourth-order valence-corrected chi connectivity index (χ4v) is 6.43. The molecule has 1 fully saturated rings. The van der Waals surface area contributed by atoms with Gasteiger partial charge in [0.25, 0.3) is 0 Å². The number of aromatic carboxylic acids is 1. The summed E-state index contributed by atoms with van der Waals surface area (Å²) in [7, 11) is 0. The molecular weight excluding hydrogens is 592 g/mol. The number of carboxylic acid groups (broad SMARTS) is 1. The van der Waals surface area contributed by atoms with Gasteiger partial charge < -0.3 is 20.0 Å². The van der Waals surface area contributed by atoms with Crippen LogP contribution in [0.3, 0.4) is 0 Å². The number of hydrogen-bond donors (Lipinski definition) is 2. The van der Waals surface area contributed by atoms with Crippen molar-refractivity contribution in [1.29, 1.82) is 0 Å². The Morgan fingerprint density at radius 3 is 1.88 bits per heavy atom. The minimum absolute atomic E-state index is 0.333. The average Bonchev–Trinajstić information content (AvgIpc) is 3.77. The standard InChI is InChI=1S/C26H24N2O2.C16H16N2/c29-26(30)23-16-22(20-7-8-20)17-27-24(23)15-19-6-9-25-21(14-19)11-13-28(25)12-10-18-4-2-1-3-5-18;17-15-6-7-16-14(12-15)9-11-18(16)10-8-13-4-2-1-3-5-13/h1-6,9,11,13-14,16-17,20H,7-8,10,12,15H2,(H,29,30);1-7,9,11-12H,8,10,17H2. The molecule has 1 saturated carbocycles. The van der Waals surface area contributed by atoms with E-state index in [9.17, 15) is 9.90 Å². The summed E-state index contributed by atoms with van der Waals surface area (Å²) < 4.78 is 4.55. The van der Waals surface area contributed by atoms with Crippen molar-refractivity contribution in [2.24, 2.45) is 0 Å². The van der Waals surface area contributed by atoms with Crippen LogP contribution in [0.25, 0.3) is 21.8 Å². The van der Waals surface area contributed by atoms with E-state index in [4.69, 9.17) is 5.73 Å². The molecule has 240 valence electrons. The molecule has 48 heavy (non-hydrogen) atoms. The van der Waals surface area contributed by atoms with Crippen LogP contribution in [0, 0.1) is 0 Å². The Labute approximate surface area is 281 Å². The maximum absolute atomic E-state index is 11.8. The lowest BCUT2D eigenvalue weighted by Crippen LogP contribution is -2.07. The Hall–Kier alpha value is -5.62. The number of carboxylic acids is 1. The van der Waals surface area contributed by atoms with Crippen molar-refractivity contribution in [2.75, 3.05) is 5.73 Å². The summed E-state index contributed by atoms with van der Waals surface area (Å²) in [4.78, 5) is 16.3. The predicted molar refractivity (Wildman–Crippen MR) is 195 cm³/mol. The van der Waals surface area contributed by atoms with Gasteiger partial charge in [0.15, 0.2) is 0 Å². The summed E-state index contributed by atoms with van der Waals surface area (Å²) in [6, 6.07) is 39.6. The second-order valence-electron chi connectivity index (χ2n) is 12.7. The van der Waals surface area contributed by atoms with E-state index in [2.05, 4.69) is 118 Å². The molecule has 6 nitrogen and oxygen atoms in total. The van der Waals surface area contributed by atoms with E-state index in [0.717, 1.165) is 55.6 Å². The van der Waals surface area contributed by atoms with E-state index in [1.807, 2.05) is 30.5 Å². The number of hydrogen-bond acceptors (Lipinski definition) is 3. The molecule has 0 spiro atoms. The van der Waals surface area contributed by atoms with Gasteiger partial charge in [-0.25, -0.2) is 4.79 Å². The molecule has 3 N–H and O–H groups in total. The monoisotopic (exact) mass is 632 g/mol. The molecule has 1 aliphatic rings. The highest BCUT2D eigenvalue weighted by Gasteiger charge is 2.26. The summed E-state index contributed by atoms with van der Waals surface area (Å²) >= 11 is 0. The fourth-order valence-electron chi connectivity index (χ4n) is 6.43. The Kier molecular flexibility index (Phi) is 9.05. The van der Waals surface area contributed by atoms with Crippen LogP contribution in [0.4, 0.5) is 5.69 Å². The van der Waals surface area contributed by atoms with Crippen molar-refractivity contribution in [3.63, 3.8) is 0 Å². The van der Waals surface area contributed by atoms with Gasteiger partial charge in [-0.3, -0.25) is 4.98 Å². The number of aromatic nitrogens is 3. The third-order valence-corrected chi connectivity index (χ3v) is 9.24. The van der Waals surface area contributed by atoms with E-state index < -0.39 is 5.97 Å². The third kappa shape index (κ3) is 7.34. The highest BCUT2D eigenvalue weighted by atomic mass is 16.4. The molecule has 7 aromatic rings. The zero-order chi connectivity index (χ0) is 32.9. The summed E-state index contributed by atoms with van der Waals surface area (Å²) in [5.41, 5.74) is 14.9. The molecule has 0 bridgehead atoms. The van der Waals surface area contributed by atoms with Crippen molar-refractivity contribution < 1.29 is 9.90 Å². The maximum atomic E-state index is 11.8. The zero-order valence-corrected chi connectivity index (χ0v) is 27.0. The second kappa shape index (κ2) is 14.0. The third-order valence-electron chi connectivity index (χ3n) is 9.24. The first-order chi connectivity index (χ1) is 23.5. The molecule has 0 radical (unpaired) electrons. The van der Waals surface area contributed by atoms with Gasteiger partial charge in [0.1, 0.15) is 0 Å². The number of nitrogens with zero attached hydrogens (tertiary/aromatic N) is 3. The van der Waals surface area contributed by atoms with E-state index in [1.165, 1.54) is 32.9 Å². The molecule has 0 aliphatic heterocycles. The van der Waals surface area contributed by atoms with Gasteiger partial charge in [-0.05, 0) is 108 Å². The number of nitrogen functional groups attached to an aromatic ring is 1. The van der Waals surface area contributed by atoms with Gasteiger partial charge in [-0.15, -0.1) is 0 Å². The highest BCUT2D eigenvalue weighted by molar-refractivity contribution is 5.89. The molecule has 8 rings (SSSR count). The molecule has 3 aromatic heterocycles. The van der Waals surface area contributed by atoms with Crippen LogP contribution < -0.4 is 5.73 Å². The summed E-state index contributed by atoms with van der Waals surface area (Å²) in [6.07, 6.45) is 11.0. The number of rotatable bonds is 10. The smallest absolute Gasteiger partial charge is 0.337 e. The summed E-state index contributed by atoms with van der Waals surface area (Å²) in [6.45, 7) is 1.93.